The first-order valence-electron chi connectivity index (χ1n) is 9.08. The van der Waals surface area contributed by atoms with Crippen LogP contribution in [0.3, 0.4) is 0 Å². The molecule has 0 saturated carbocycles. The minimum absolute atomic E-state index is 0.0144. The van der Waals surface area contributed by atoms with E-state index in [0.29, 0.717) is 44.9 Å². The number of halogens is 1. The van der Waals surface area contributed by atoms with E-state index in [4.69, 9.17) is 35.3 Å². The lowest BCUT2D eigenvalue weighted by atomic mass is 10.1. The van der Waals surface area contributed by atoms with Crippen molar-refractivity contribution in [3.05, 3.63) is 45.3 Å². The van der Waals surface area contributed by atoms with Gasteiger partial charge in [-0.2, -0.15) is 0 Å². The molecule has 0 aromatic heterocycles. The fraction of sp³-hybridized carbons (Fsp3) is 0.238. The van der Waals surface area contributed by atoms with Crippen LogP contribution in [0.4, 0.5) is 4.79 Å². The van der Waals surface area contributed by atoms with Crippen LogP contribution in [0.2, 0.25) is 5.02 Å². The summed E-state index contributed by atoms with van der Waals surface area (Å²) in [7, 11) is 4.53. The van der Waals surface area contributed by atoms with Gasteiger partial charge in [-0.25, -0.2) is 0 Å². The Labute approximate surface area is 187 Å². The second kappa shape index (κ2) is 8.60. The maximum Gasteiger partial charge on any atom is 0.293 e. The molecular formula is C21H18ClNO7S. The van der Waals surface area contributed by atoms with Crippen LogP contribution in [-0.2, 0) is 11.3 Å². The van der Waals surface area contributed by atoms with Crippen molar-refractivity contribution in [2.45, 2.75) is 6.54 Å². The number of methoxy groups -OCH3 is 3. The van der Waals surface area contributed by atoms with E-state index in [-0.39, 0.29) is 18.2 Å². The SMILES string of the molecule is COc1cc(OC)c(OC)cc1/C=C1\SC(=O)N(Cc2cc3c(cc2Cl)OCO3)C1=O. The summed E-state index contributed by atoms with van der Waals surface area (Å²) < 4.78 is 26.6. The Bertz CT molecular complexity index is 1100. The highest BCUT2D eigenvalue weighted by Gasteiger charge is 2.36. The van der Waals surface area contributed by atoms with E-state index in [9.17, 15) is 9.59 Å². The summed E-state index contributed by atoms with van der Waals surface area (Å²) in [4.78, 5) is 26.9. The van der Waals surface area contributed by atoms with Crippen LogP contribution in [0, 0.1) is 0 Å². The van der Waals surface area contributed by atoms with Gasteiger partial charge >= 0.3 is 0 Å². The van der Waals surface area contributed by atoms with Crippen LogP contribution < -0.4 is 23.7 Å². The number of fused-ring (bicyclic) bond motifs is 1. The lowest BCUT2D eigenvalue weighted by Crippen LogP contribution is -2.27. The molecule has 162 valence electrons. The number of hydrogen-bond acceptors (Lipinski definition) is 8. The van der Waals surface area contributed by atoms with E-state index in [2.05, 4.69) is 0 Å². The second-order valence-electron chi connectivity index (χ2n) is 6.51. The zero-order chi connectivity index (χ0) is 22.1. The average molecular weight is 464 g/mol. The number of ether oxygens (including phenoxy) is 5. The Hall–Kier alpha value is -3.04. The van der Waals surface area contributed by atoms with Crippen molar-refractivity contribution in [2.24, 2.45) is 0 Å². The molecule has 2 aromatic rings. The van der Waals surface area contributed by atoms with E-state index in [1.54, 1.807) is 30.3 Å². The molecule has 0 unspecified atom stereocenters. The Balaban J connectivity index is 1.62. The lowest BCUT2D eigenvalue weighted by molar-refractivity contribution is -0.123. The summed E-state index contributed by atoms with van der Waals surface area (Å²) >= 11 is 7.14. The minimum Gasteiger partial charge on any atom is -0.496 e. The topological polar surface area (TPSA) is 83.5 Å². The molecule has 1 saturated heterocycles. The number of nitrogens with zero attached hydrogens (tertiary/aromatic N) is 1. The number of hydrogen-bond donors (Lipinski definition) is 0. The number of rotatable bonds is 6. The first-order chi connectivity index (χ1) is 14.9. The van der Waals surface area contributed by atoms with Crippen molar-refractivity contribution in [2.75, 3.05) is 28.1 Å². The second-order valence-corrected chi connectivity index (χ2v) is 7.91. The molecule has 0 N–H and O–H groups in total. The Morgan fingerprint density at radius 3 is 2.32 bits per heavy atom. The van der Waals surface area contributed by atoms with E-state index in [1.165, 1.54) is 21.3 Å². The molecule has 0 atom stereocenters. The van der Waals surface area contributed by atoms with Gasteiger partial charge in [0.1, 0.15) is 5.75 Å². The molecular weight excluding hydrogens is 446 g/mol. The Kier molecular flexibility index (Phi) is 5.88. The van der Waals surface area contributed by atoms with E-state index in [1.807, 2.05) is 0 Å². The summed E-state index contributed by atoms with van der Waals surface area (Å²) in [6, 6.07) is 6.62. The van der Waals surface area contributed by atoms with Gasteiger partial charge in [-0.05, 0) is 35.5 Å². The Morgan fingerprint density at radius 1 is 1.00 bits per heavy atom. The van der Waals surface area contributed by atoms with Gasteiger partial charge in [-0.3, -0.25) is 14.5 Å². The van der Waals surface area contributed by atoms with Crippen molar-refractivity contribution in [1.29, 1.82) is 0 Å². The third kappa shape index (κ3) is 3.98. The quantitative estimate of drug-likeness (QED) is 0.585. The summed E-state index contributed by atoms with van der Waals surface area (Å²) in [5.41, 5.74) is 1.16. The maximum atomic E-state index is 13.0. The van der Waals surface area contributed by atoms with E-state index < -0.39 is 11.1 Å². The fourth-order valence-electron chi connectivity index (χ4n) is 3.19. The van der Waals surface area contributed by atoms with Gasteiger partial charge in [0.15, 0.2) is 23.0 Å². The molecule has 2 aliphatic rings. The number of carbonyl (C=O) groups excluding carboxylic acids is 2. The molecule has 31 heavy (non-hydrogen) atoms. The predicted octanol–water partition coefficient (Wildman–Crippen LogP) is 4.33. The fourth-order valence-corrected chi connectivity index (χ4v) is 4.24. The largest absolute Gasteiger partial charge is 0.496 e. The van der Waals surface area contributed by atoms with Crippen LogP contribution >= 0.6 is 23.4 Å². The molecule has 0 bridgehead atoms. The molecule has 0 aliphatic carbocycles. The highest BCUT2D eigenvalue weighted by atomic mass is 35.5. The van der Waals surface area contributed by atoms with Crippen LogP contribution in [0.15, 0.2) is 29.2 Å². The van der Waals surface area contributed by atoms with E-state index in [0.717, 1.165) is 16.7 Å². The van der Waals surface area contributed by atoms with Crippen molar-refractivity contribution >= 4 is 40.6 Å². The highest BCUT2D eigenvalue weighted by Crippen LogP contribution is 2.41. The summed E-state index contributed by atoms with van der Waals surface area (Å²) in [5.74, 6) is 2.06. The third-order valence-corrected chi connectivity index (χ3v) is 6.03. The normalized spacial score (nSPS) is 16.3. The number of amides is 2. The molecule has 2 amide bonds. The molecule has 1 fully saturated rings. The molecule has 2 heterocycles. The van der Waals surface area contributed by atoms with Crippen LogP contribution in [-0.4, -0.2) is 44.2 Å². The minimum atomic E-state index is -0.430. The van der Waals surface area contributed by atoms with Gasteiger partial charge in [0.05, 0.1) is 32.8 Å². The standard InChI is InChI=1S/C21H18ClNO7S/c1-26-14-8-16(28-3)15(27-2)4-11(14)6-19-20(24)23(21(25)31-19)9-12-5-17-18(7-13(12)22)30-10-29-17/h4-8H,9-10H2,1-3H3/b19-6-. The number of benzene rings is 2. The number of carbonyl (C=O) groups is 2. The highest BCUT2D eigenvalue weighted by molar-refractivity contribution is 8.18. The summed E-state index contributed by atoms with van der Waals surface area (Å²) in [6.07, 6.45) is 1.59. The van der Waals surface area contributed by atoms with Crippen molar-refractivity contribution < 1.29 is 33.3 Å². The molecule has 0 radical (unpaired) electrons. The third-order valence-electron chi connectivity index (χ3n) is 4.77. The Morgan fingerprint density at radius 2 is 1.65 bits per heavy atom. The smallest absolute Gasteiger partial charge is 0.293 e. The van der Waals surface area contributed by atoms with Gasteiger partial charge in [0.25, 0.3) is 11.1 Å². The molecule has 2 aliphatic heterocycles. The maximum absolute atomic E-state index is 13.0. The van der Waals surface area contributed by atoms with Crippen LogP contribution in [0.25, 0.3) is 6.08 Å². The van der Waals surface area contributed by atoms with E-state index >= 15 is 0 Å². The predicted molar refractivity (Wildman–Crippen MR) is 115 cm³/mol. The average Bonchev–Trinajstić information content (AvgIpc) is 3.32. The van der Waals surface area contributed by atoms with Crippen LogP contribution in [0.5, 0.6) is 28.7 Å². The molecule has 0 spiro atoms. The summed E-state index contributed by atoms with van der Waals surface area (Å²) in [6.45, 7) is 0.118. The zero-order valence-corrected chi connectivity index (χ0v) is 18.5. The monoisotopic (exact) mass is 463 g/mol. The van der Waals surface area contributed by atoms with Gasteiger partial charge in [0.2, 0.25) is 6.79 Å². The van der Waals surface area contributed by atoms with Gasteiger partial charge in [-0.15, -0.1) is 0 Å². The van der Waals surface area contributed by atoms with Gasteiger partial charge in [0, 0.05) is 22.7 Å². The molecule has 2 aromatic carbocycles. The van der Waals surface area contributed by atoms with Crippen molar-refractivity contribution in [3.8, 4) is 28.7 Å². The molecule has 4 rings (SSSR count). The van der Waals surface area contributed by atoms with Gasteiger partial charge < -0.3 is 23.7 Å². The number of thioether (sulfide) groups is 1. The van der Waals surface area contributed by atoms with Crippen LogP contribution in [0.1, 0.15) is 11.1 Å². The summed E-state index contributed by atoms with van der Waals surface area (Å²) in [5, 5.41) is -0.0155. The molecule has 10 heteroatoms. The zero-order valence-electron chi connectivity index (χ0n) is 16.9. The lowest BCUT2D eigenvalue weighted by Gasteiger charge is -2.14. The first-order valence-corrected chi connectivity index (χ1v) is 10.3. The van der Waals surface area contributed by atoms with Crippen molar-refractivity contribution in [1.82, 2.24) is 4.90 Å². The number of imide groups is 1. The first kappa shape index (κ1) is 21.2. The van der Waals surface area contributed by atoms with Gasteiger partial charge in [-0.1, -0.05) is 11.6 Å². The molecule has 8 nitrogen and oxygen atoms in total. The van der Waals surface area contributed by atoms with Crippen molar-refractivity contribution in [3.63, 3.8) is 0 Å².